The molecule has 6 heteroatoms. The molecule has 1 aliphatic heterocycles. The highest BCUT2D eigenvalue weighted by Gasteiger charge is 2.27. The van der Waals surface area contributed by atoms with Crippen LogP contribution in [0.5, 0.6) is 0 Å². The van der Waals surface area contributed by atoms with Crippen LogP contribution in [0.25, 0.3) is 0 Å². The van der Waals surface area contributed by atoms with E-state index in [0.29, 0.717) is 10.1 Å². The van der Waals surface area contributed by atoms with Gasteiger partial charge in [-0.2, -0.15) is 0 Å². The SMILES string of the molecule is CC1(CNC(=O)c2c(F)cccc2I)CCNCC1.Cl. The number of halogens is 3. The molecule has 0 spiro atoms. The summed E-state index contributed by atoms with van der Waals surface area (Å²) >= 11 is 1.99. The van der Waals surface area contributed by atoms with Crippen molar-refractivity contribution in [2.45, 2.75) is 19.8 Å². The summed E-state index contributed by atoms with van der Waals surface area (Å²) < 4.78 is 14.3. The van der Waals surface area contributed by atoms with Crippen LogP contribution >= 0.6 is 35.0 Å². The summed E-state index contributed by atoms with van der Waals surface area (Å²) in [6, 6.07) is 4.68. The van der Waals surface area contributed by atoms with Gasteiger partial charge in [0.2, 0.25) is 0 Å². The Balaban J connectivity index is 0.00000200. The minimum Gasteiger partial charge on any atom is -0.351 e. The highest BCUT2D eigenvalue weighted by molar-refractivity contribution is 14.1. The monoisotopic (exact) mass is 412 g/mol. The van der Waals surface area contributed by atoms with Gasteiger partial charge in [-0.05, 0) is 66.1 Å². The van der Waals surface area contributed by atoms with E-state index in [9.17, 15) is 9.18 Å². The van der Waals surface area contributed by atoms with Gasteiger partial charge in [0.15, 0.2) is 0 Å². The minimum absolute atomic E-state index is 0. The Morgan fingerprint density at radius 3 is 2.70 bits per heavy atom. The van der Waals surface area contributed by atoms with Crippen molar-refractivity contribution < 1.29 is 9.18 Å². The van der Waals surface area contributed by atoms with Gasteiger partial charge in [-0.3, -0.25) is 4.79 Å². The molecule has 1 saturated heterocycles. The van der Waals surface area contributed by atoms with Crippen LogP contribution in [0.2, 0.25) is 0 Å². The third kappa shape index (κ3) is 4.30. The quantitative estimate of drug-likeness (QED) is 0.750. The Labute approximate surface area is 138 Å². The predicted octanol–water partition coefficient (Wildman–Crippen LogP) is 2.97. The highest BCUT2D eigenvalue weighted by Crippen LogP contribution is 2.27. The van der Waals surface area contributed by atoms with Crippen molar-refractivity contribution in [2.75, 3.05) is 19.6 Å². The molecule has 0 unspecified atom stereocenters. The number of piperidine rings is 1. The van der Waals surface area contributed by atoms with Gasteiger partial charge in [-0.25, -0.2) is 4.39 Å². The molecule has 1 fully saturated rings. The molecule has 1 amide bonds. The number of carbonyl (C=O) groups is 1. The lowest BCUT2D eigenvalue weighted by atomic mass is 9.81. The van der Waals surface area contributed by atoms with E-state index in [1.165, 1.54) is 6.07 Å². The largest absolute Gasteiger partial charge is 0.351 e. The molecule has 0 atom stereocenters. The Bertz CT molecular complexity index is 458. The van der Waals surface area contributed by atoms with Gasteiger partial charge in [0, 0.05) is 10.1 Å². The average molecular weight is 413 g/mol. The molecule has 2 rings (SSSR count). The van der Waals surface area contributed by atoms with Crippen LogP contribution < -0.4 is 10.6 Å². The molecular weight excluding hydrogens is 394 g/mol. The van der Waals surface area contributed by atoms with Crippen molar-refractivity contribution in [3.05, 3.63) is 33.1 Å². The lowest BCUT2D eigenvalue weighted by Gasteiger charge is -2.34. The number of amides is 1. The van der Waals surface area contributed by atoms with Gasteiger partial charge >= 0.3 is 0 Å². The van der Waals surface area contributed by atoms with Crippen LogP contribution in [0.1, 0.15) is 30.1 Å². The van der Waals surface area contributed by atoms with E-state index in [1.54, 1.807) is 12.1 Å². The number of carbonyl (C=O) groups excluding carboxylic acids is 1. The smallest absolute Gasteiger partial charge is 0.255 e. The van der Waals surface area contributed by atoms with Crippen LogP contribution in [-0.4, -0.2) is 25.5 Å². The molecule has 0 bridgehead atoms. The minimum atomic E-state index is -0.458. The zero-order valence-electron chi connectivity index (χ0n) is 11.3. The highest BCUT2D eigenvalue weighted by atomic mass is 127. The maximum atomic E-state index is 13.7. The summed E-state index contributed by atoms with van der Waals surface area (Å²) in [6.07, 6.45) is 2.06. The summed E-state index contributed by atoms with van der Waals surface area (Å²) in [6.45, 7) is 4.71. The molecule has 0 saturated carbocycles. The first kappa shape index (κ1) is 17.7. The number of benzene rings is 1. The number of rotatable bonds is 3. The maximum Gasteiger partial charge on any atom is 0.255 e. The van der Waals surface area contributed by atoms with Crippen LogP contribution in [0, 0.1) is 14.8 Å². The molecule has 0 radical (unpaired) electrons. The van der Waals surface area contributed by atoms with Gasteiger partial charge in [0.25, 0.3) is 5.91 Å². The zero-order chi connectivity index (χ0) is 13.9. The topological polar surface area (TPSA) is 41.1 Å². The summed E-state index contributed by atoms with van der Waals surface area (Å²) in [5, 5.41) is 6.18. The van der Waals surface area contributed by atoms with Gasteiger partial charge in [0.05, 0.1) is 5.56 Å². The van der Waals surface area contributed by atoms with Crippen molar-refractivity contribution in [3.8, 4) is 0 Å². The zero-order valence-corrected chi connectivity index (χ0v) is 14.3. The summed E-state index contributed by atoms with van der Waals surface area (Å²) in [4.78, 5) is 12.1. The lowest BCUT2D eigenvalue weighted by molar-refractivity contribution is 0.0917. The Kier molecular flexibility index (Phi) is 6.68. The second-order valence-electron chi connectivity index (χ2n) is 5.34. The van der Waals surface area contributed by atoms with Crippen molar-refractivity contribution in [1.29, 1.82) is 0 Å². The van der Waals surface area contributed by atoms with E-state index >= 15 is 0 Å². The third-order valence-corrected chi connectivity index (χ3v) is 4.58. The van der Waals surface area contributed by atoms with Gasteiger partial charge in [-0.1, -0.05) is 13.0 Å². The predicted molar refractivity (Wildman–Crippen MR) is 88.9 cm³/mol. The summed E-state index contributed by atoms with van der Waals surface area (Å²) in [5.74, 6) is -0.776. The molecule has 1 aliphatic rings. The fraction of sp³-hybridized carbons (Fsp3) is 0.500. The lowest BCUT2D eigenvalue weighted by Crippen LogP contribution is -2.43. The molecule has 0 aliphatic carbocycles. The second-order valence-corrected chi connectivity index (χ2v) is 6.50. The van der Waals surface area contributed by atoms with Crippen LogP contribution in [0.3, 0.4) is 0 Å². The number of hydrogen-bond acceptors (Lipinski definition) is 2. The Morgan fingerprint density at radius 2 is 2.10 bits per heavy atom. The summed E-state index contributed by atoms with van der Waals surface area (Å²) in [5.41, 5.74) is 0.262. The molecule has 1 aromatic rings. The van der Waals surface area contributed by atoms with Gasteiger partial charge in [-0.15, -0.1) is 12.4 Å². The van der Waals surface area contributed by atoms with E-state index in [-0.39, 0.29) is 29.3 Å². The van der Waals surface area contributed by atoms with E-state index < -0.39 is 5.82 Å². The summed E-state index contributed by atoms with van der Waals surface area (Å²) in [7, 11) is 0. The molecule has 1 heterocycles. The maximum absolute atomic E-state index is 13.7. The van der Waals surface area contributed by atoms with E-state index in [4.69, 9.17) is 0 Å². The molecule has 3 nitrogen and oxygen atoms in total. The van der Waals surface area contributed by atoms with Crippen LogP contribution in [-0.2, 0) is 0 Å². The van der Waals surface area contributed by atoms with Gasteiger partial charge < -0.3 is 10.6 Å². The third-order valence-electron chi connectivity index (χ3n) is 3.68. The van der Waals surface area contributed by atoms with Crippen molar-refractivity contribution in [3.63, 3.8) is 0 Å². The van der Waals surface area contributed by atoms with E-state index in [2.05, 4.69) is 17.6 Å². The van der Waals surface area contributed by atoms with Crippen molar-refractivity contribution in [2.24, 2.45) is 5.41 Å². The molecular formula is C14H19ClFIN2O. The molecule has 2 N–H and O–H groups in total. The molecule has 20 heavy (non-hydrogen) atoms. The Morgan fingerprint density at radius 1 is 1.45 bits per heavy atom. The second kappa shape index (κ2) is 7.56. The van der Waals surface area contributed by atoms with E-state index in [0.717, 1.165) is 25.9 Å². The standard InChI is InChI=1S/C14H18FIN2O.ClH/c1-14(5-7-17-8-6-14)9-18-13(19)12-10(15)3-2-4-11(12)16;/h2-4,17H,5-9H2,1H3,(H,18,19);1H. The van der Waals surface area contributed by atoms with Crippen LogP contribution in [0.15, 0.2) is 18.2 Å². The molecule has 0 aromatic heterocycles. The van der Waals surface area contributed by atoms with Crippen molar-refractivity contribution >= 4 is 40.9 Å². The average Bonchev–Trinajstić information content (AvgIpc) is 2.37. The first-order valence-electron chi connectivity index (χ1n) is 6.45. The fourth-order valence-electron chi connectivity index (χ4n) is 2.30. The number of hydrogen-bond donors (Lipinski definition) is 2. The first-order valence-corrected chi connectivity index (χ1v) is 7.53. The fourth-order valence-corrected chi connectivity index (χ4v) is 3.01. The normalized spacial score (nSPS) is 17.1. The van der Waals surface area contributed by atoms with Crippen LogP contribution in [0.4, 0.5) is 4.39 Å². The van der Waals surface area contributed by atoms with Gasteiger partial charge in [0.1, 0.15) is 5.82 Å². The van der Waals surface area contributed by atoms with E-state index in [1.807, 2.05) is 22.6 Å². The first-order chi connectivity index (χ1) is 9.02. The molecule has 1 aromatic carbocycles. The molecule has 112 valence electrons. The van der Waals surface area contributed by atoms with Crippen molar-refractivity contribution in [1.82, 2.24) is 10.6 Å². The number of nitrogens with one attached hydrogen (secondary N) is 2. The Hall–Kier alpha value is -0.400.